The van der Waals surface area contributed by atoms with E-state index in [0.29, 0.717) is 12.0 Å². The third-order valence-electron chi connectivity index (χ3n) is 5.86. The molecule has 2 aromatic carbocycles. The third kappa shape index (κ3) is 11.5. The van der Waals surface area contributed by atoms with Crippen LogP contribution < -0.4 is 27.0 Å². The van der Waals surface area contributed by atoms with E-state index in [1.165, 1.54) is 24.3 Å². The highest BCUT2D eigenvalue weighted by Gasteiger charge is 2.25. The average Bonchev–Trinajstić information content (AvgIpc) is 2.91. The zero-order valence-electron chi connectivity index (χ0n) is 22.6. The SMILES string of the molecule is CC(C)CC(N)C(=O)NC(Cc1ccccc1)C(=O)NCC(=O)NCC(=O)NC(Cc1ccc(O)cc1)C(=O)O. The van der Waals surface area contributed by atoms with E-state index in [9.17, 15) is 34.2 Å². The summed E-state index contributed by atoms with van der Waals surface area (Å²) in [6.07, 6.45) is 0.586. The standard InChI is InChI=1S/C28H37N5O7/c1-17(2)12-21(29)26(37)33-22(13-18-6-4-3-5-7-18)27(38)31-15-24(35)30-16-25(36)32-23(28(39)40)14-19-8-10-20(34)11-9-19/h3-11,17,21-23,34H,12-16,29H2,1-2H3,(H,30,35)(H,31,38)(H,32,36)(H,33,37)(H,39,40). The Bertz CT molecular complexity index is 1160. The number of carbonyl (C=O) groups is 5. The molecule has 2 aromatic rings. The van der Waals surface area contributed by atoms with E-state index in [0.717, 1.165) is 5.56 Å². The lowest BCUT2D eigenvalue weighted by molar-refractivity contribution is -0.141. The number of carboxylic acid groups (broad SMARTS) is 1. The lowest BCUT2D eigenvalue weighted by atomic mass is 10.0. The minimum atomic E-state index is -1.26. The highest BCUT2D eigenvalue weighted by atomic mass is 16.4. The molecule has 2 rings (SSSR count). The van der Waals surface area contributed by atoms with Gasteiger partial charge in [-0.05, 0) is 35.6 Å². The molecule has 0 bridgehead atoms. The summed E-state index contributed by atoms with van der Waals surface area (Å²) in [7, 11) is 0. The minimum Gasteiger partial charge on any atom is -0.508 e. The largest absolute Gasteiger partial charge is 0.508 e. The zero-order chi connectivity index (χ0) is 29.7. The molecule has 0 aliphatic heterocycles. The van der Waals surface area contributed by atoms with Crippen molar-refractivity contribution in [3.8, 4) is 5.75 Å². The Hall–Kier alpha value is -4.45. The number of benzene rings is 2. The average molecular weight is 556 g/mol. The number of amides is 4. The smallest absolute Gasteiger partial charge is 0.326 e. The number of rotatable bonds is 15. The second-order valence-electron chi connectivity index (χ2n) is 9.81. The normalized spacial score (nSPS) is 13.0. The first kappa shape index (κ1) is 31.8. The van der Waals surface area contributed by atoms with E-state index < -0.39 is 60.8 Å². The fraction of sp³-hybridized carbons (Fsp3) is 0.393. The van der Waals surface area contributed by atoms with Gasteiger partial charge in [0.15, 0.2) is 0 Å². The fourth-order valence-electron chi connectivity index (χ4n) is 3.80. The van der Waals surface area contributed by atoms with Gasteiger partial charge in [0, 0.05) is 12.8 Å². The van der Waals surface area contributed by atoms with Crippen LogP contribution in [0.25, 0.3) is 0 Å². The van der Waals surface area contributed by atoms with E-state index in [-0.39, 0.29) is 24.5 Å². The monoisotopic (exact) mass is 555 g/mol. The summed E-state index contributed by atoms with van der Waals surface area (Å²) in [6.45, 7) is 2.87. The Kier molecular flexibility index (Phi) is 12.6. The molecule has 0 aromatic heterocycles. The van der Waals surface area contributed by atoms with Crippen LogP contribution in [0, 0.1) is 5.92 Å². The summed E-state index contributed by atoms with van der Waals surface area (Å²) in [4.78, 5) is 61.5. The maximum atomic E-state index is 12.9. The molecule has 8 N–H and O–H groups in total. The van der Waals surface area contributed by atoms with Crippen LogP contribution >= 0.6 is 0 Å². The van der Waals surface area contributed by atoms with Crippen molar-refractivity contribution in [2.24, 2.45) is 11.7 Å². The van der Waals surface area contributed by atoms with Crippen LogP contribution in [0.4, 0.5) is 0 Å². The second kappa shape index (κ2) is 15.8. The Morgan fingerprint density at radius 1 is 0.750 bits per heavy atom. The van der Waals surface area contributed by atoms with Gasteiger partial charge in [-0.15, -0.1) is 0 Å². The summed E-state index contributed by atoms with van der Waals surface area (Å²) in [5.41, 5.74) is 7.34. The Labute approximate surface area is 232 Å². The van der Waals surface area contributed by atoms with Crippen molar-refractivity contribution in [1.29, 1.82) is 0 Å². The summed E-state index contributed by atoms with van der Waals surface area (Å²) >= 11 is 0. The van der Waals surface area contributed by atoms with Gasteiger partial charge >= 0.3 is 5.97 Å². The Morgan fingerprint density at radius 3 is 1.93 bits per heavy atom. The van der Waals surface area contributed by atoms with Crippen LogP contribution in [0.3, 0.4) is 0 Å². The molecule has 12 nitrogen and oxygen atoms in total. The lowest BCUT2D eigenvalue weighted by Crippen LogP contribution is -2.54. The summed E-state index contributed by atoms with van der Waals surface area (Å²) in [5, 5.41) is 28.5. The molecule has 0 heterocycles. The maximum absolute atomic E-state index is 12.9. The number of aromatic hydroxyl groups is 1. The predicted octanol–water partition coefficient (Wildman–Crippen LogP) is -0.163. The predicted molar refractivity (Wildman–Crippen MR) is 147 cm³/mol. The topological polar surface area (TPSA) is 200 Å². The van der Waals surface area contributed by atoms with Crippen molar-refractivity contribution >= 4 is 29.6 Å². The van der Waals surface area contributed by atoms with Gasteiger partial charge in [-0.2, -0.15) is 0 Å². The molecular formula is C28H37N5O7. The first-order chi connectivity index (χ1) is 18.9. The van der Waals surface area contributed by atoms with Crippen LogP contribution in [0.15, 0.2) is 54.6 Å². The molecule has 216 valence electrons. The van der Waals surface area contributed by atoms with Gasteiger partial charge in [0.2, 0.25) is 23.6 Å². The van der Waals surface area contributed by atoms with Crippen molar-refractivity contribution in [2.45, 2.75) is 51.2 Å². The zero-order valence-corrected chi connectivity index (χ0v) is 22.6. The molecule has 3 unspecified atom stereocenters. The molecular weight excluding hydrogens is 518 g/mol. The van der Waals surface area contributed by atoms with Crippen molar-refractivity contribution in [3.05, 3.63) is 65.7 Å². The van der Waals surface area contributed by atoms with Gasteiger partial charge < -0.3 is 37.2 Å². The fourth-order valence-corrected chi connectivity index (χ4v) is 3.80. The summed E-state index contributed by atoms with van der Waals surface area (Å²) in [5.74, 6) is -3.56. The lowest BCUT2D eigenvalue weighted by Gasteiger charge is -2.21. The van der Waals surface area contributed by atoms with Crippen LogP contribution in [-0.2, 0) is 36.8 Å². The number of phenols is 1. The Balaban J connectivity index is 1.88. The van der Waals surface area contributed by atoms with Gasteiger partial charge in [0.1, 0.15) is 17.8 Å². The molecule has 4 amide bonds. The third-order valence-corrected chi connectivity index (χ3v) is 5.86. The van der Waals surface area contributed by atoms with Crippen LogP contribution in [0.1, 0.15) is 31.4 Å². The maximum Gasteiger partial charge on any atom is 0.326 e. The van der Waals surface area contributed by atoms with Crippen molar-refractivity contribution in [2.75, 3.05) is 13.1 Å². The summed E-state index contributed by atoms with van der Waals surface area (Å²) < 4.78 is 0. The number of aliphatic carboxylic acids is 1. The number of carbonyl (C=O) groups excluding carboxylic acids is 4. The van der Waals surface area contributed by atoms with Crippen LogP contribution in [-0.4, -0.2) is 71.0 Å². The first-order valence-electron chi connectivity index (χ1n) is 12.9. The van der Waals surface area contributed by atoms with Gasteiger partial charge in [0.25, 0.3) is 0 Å². The number of nitrogens with two attached hydrogens (primary N) is 1. The van der Waals surface area contributed by atoms with E-state index in [4.69, 9.17) is 5.73 Å². The summed E-state index contributed by atoms with van der Waals surface area (Å²) in [6, 6.07) is 11.9. The van der Waals surface area contributed by atoms with E-state index in [1.54, 1.807) is 24.3 Å². The molecule has 12 heteroatoms. The second-order valence-corrected chi connectivity index (χ2v) is 9.81. The van der Waals surface area contributed by atoms with Crippen LogP contribution in [0.5, 0.6) is 5.75 Å². The number of nitrogens with one attached hydrogen (secondary N) is 4. The highest BCUT2D eigenvalue weighted by molar-refractivity contribution is 5.93. The molecule has 0 aliphatic rings. The molecule has 0 fully saturated rings. The van der Waals surface area contributed by atoms with Crippen molar-refractivity contribution in [1.82, 2.24) is 21.3 Å². The van der Waals surface area contributed by atoms with E-state index >= 15 is 0 Å². The molecule has 0 spiro atoms. The first-order valence-corrected chi connectivity index (χ1v) is 12.9. The molecule has 0 saturated heterocycles. The quantitative estimate of drug-likeness (QED) is 0.157. The number of hydrogen-bond acceptors (Lipinski definition) is 7. The Morgan fingerprint density at radius 2 is 1.32 bits per heavy atom. The number of carboxylic acids is 1. The molecule has 40 heavy (non-hydrogen) atoms. The van der Waals surface area contributed by atoms with Crippen molar-refractivity contribution < 1.29 is 34.2 Å². The minimum absolute atomic E-state index is 0.0259. The van der Waals surface area contributed by atoms with Crippen LogP contribution in [0.2, 0.25) is 0 Å². The number of hydrogen-bond donors (Lipinski definition) is 7. The molecule has 0 aliphatic carbocycles. The molecule has 3 atom stereocenters. The van der Waals surface area contributed by atoms with Gasteiger partial charge in [0.05, 0.1) is 19.1 Å². The van der Waals surface area contributed by atoms with Gasteiger partial charge in [-0.3, -0.25) is 19.2 Å². The van der Waals surface area contributed by atoms with Crippen molar-refractivity contribution in [3.63, 3.8) is 0 Å². The molecule has 0 saturated carbocycles. The van der Waals surface area contributed by atoms with E-state index in [1.807, 2.05) is 19.9 Å². The highest BCUT2D eigenvalue weighted by Crippen LogP contribution is 2.11. The van der Waals surface area contributed by atoms with E-state index in [2.05, 4.69) is 21.3 Å². The molecule has 0 radical (unpaired) electrons. The number of phenolic OH excluding ortho intramolecular Hbond substituents is 1. The van der Waals surface area contributed by atoms with Gasteiger partial charge in [-0.1, -0.05) is 56.3 Å². The van der Waals surface area contributed by atoms with Gasteiger partial charge in [-0.25, -0.2) is 4.79 Å².